The summed E-state index contributed by atoms with van der Waals surface area (Å²) in [4.78, 5) is 5.02. The van der Waals surface area contributed by atoms with Crippen LogP contribution in [0.15, 0.2) is 42.7 Å². The van der Waals surface area contributed by atoms with Gasteiger partial charge in [0.1, 0.15) is 5.82 Å². The van der Waals surface area contributed by atoms with E-state index in [1.54, 1.807) is 18.5 Å². The van der Waals surface area contributed by atoms with Gasteiger partial charge in [0.25, 0.3) is 0 Å². The van der Waals surface area contributed by atoms with Crippen LogP contribution in [0.2, 0.25) is 5.02 Å². The van der Waals surface area contributed by atoms with Crippen LogP contribution in [-0.2, 0) is 6.42 Å². The zero-order chi connectivity index (χ0) is 14.8. The van der Waals surface area contributed by atoms with Crippen LogP contribution in [0.3, 0.4) is 0 Å². The monoisotopic (exact) mass is 321 g/mol. The molecule has 0 spiro atoms. The minimum absolute atomic E-state index is 0.0784. The van der Waals surface area contributed by atoms with Gasteiger partial charge in [-0.1, -0.05) is 17.7 Å². The zero-order valence-electron chi connectivity index (χ0n) is 11.0. The number of pyridine rings is 1. The summed E-state index contributed by atoms with van der Waals surface area (Å²) in [6, 6.07) is 8.60. The van der Waals surface area contributed by atoms with E-state index in [1.807, 2.05) is 12.1 Å². The van der Waals surface area contributed by atoms with Crippen LogP contribution in [0, 0.1) is 5.82 Å². The van der Waals surface area contributed by atoms with Crippen molar-refractivity contribution in [2.45, 2.75) is 12.5 Å². The molecule has 0 saturated heterocycles. The van der Waals surface area contributed by atoms with Gasteiger partial charge in [-0.2, -0.15) is 0 Å². The number of nitrogens with one attached hydrogen (secondary N) is 1. The van der Waals surface area contributed by atoms with Crippen molar-refractivity contribution in [2.24, 2.45) is 5.84 Å². The molecule has 1 unspecified atom stereocenters. The van der Waals surface area contributed by atoms with Crippen molar-refractivity contribution < 1.29 is 4.39 Å². The number of aromatic nitrogens is 1. The summed E-state index contributed by atoms with van der Waals surface area (Å²) < 4.78 is 14.2. The number of hydrazine groups is 1. The topological polar surface area (TPSA) is 50.9 Å². The Hall–Kier alpha value is -1.53. The molecular weight excluding hydrogens is 309 g/mol. The second kappa shape index (κ2) is 6.07. The molecule has 6 heteroatoms. The molecule has 3 rings (SSSR count). The smallest absolute Gasteiger partial charge is 0.124 e. The molecule has 2 heterocycles. The molecule has 0 fully saturated rings. The summed E-state index contributed by atoms with van der Waals surface area (Å²) in [6.45, 7) is 0. The van der Waals surface area contributed by atoms with Crippen LogP contribution in [0.4, 0.5) is 4.39 Å². The van der Waals surface area contributed by atoms with Gasteiger partial charge in [0, 0.05) is 22.0 Å². The van der Waals surface area contributed by atoms with Gasteiger partial charge in [0.15, 0.2) is 0 Å². The molecule has 3 nitrogen and oxygen atoms in total. The van der Waals surface area contributed by atoms with E-state index in [0.29, 0.717) is 11.4 Å². The number of halogens is 2. The third-order valence-electron chi connectivity index (χ3n) is 3.33. The highest BCUT2D eigenvalue weighted by Gasteiger charge is 2.15. The Bertz CT molecular complexity index is 774. The van der Waals surface area contributed by atoms with Crippen molar-refractivity contribution in [1.82, 2.24) is 10.4 Å². The quantitative estimate of drug-likeness (QED) is 0.567. The van der Waals surface area contributed by atoms with Gasteiger partial charge in [0.2, 0.25) is 0 Å². The van der Waals surface area contributed by atoms with E-state index in [1.165, 1.54) is 23.5 Å². The number of rotatable bonds is 4. The molecule has 1 atom stereocenters. The van der Waals surface area contributed by atoms with Crippen LogP contribution < -0.4 is 11.3 Å². The maximum absolute atomic E-state index is 13.3. The van der Waals surface area contributed by atoms with Crippen molar-refractivity contribution in [3.8, 4) is 0 Å². The van der Waals surface area contributed by atoms with E-state index < -0.39 is 0 Å². The fourth-order valence-corrected chi connectivity index (χ4v) is 3.57. The first-order valence-corrected chi connectivity index (χ1v) is 7.60. The fraction of sp³-hybridized carbons (Fsp3) is 0.133. The first-order chi connectivity index (χ1) is 10.2. The number of nitrogens with zero attached hydrogens (tertiary/aromatic N) is 1. The Morgan fingerprint density at radius 1 is 1.33 bits per heavy atom. The Kier molecular flexibility index (Phi) is 4.17. The molecule has 0 saturated carbocycles. The van der Waals surface area contributed by atoms with Gasteiger partial charge in [-0.05, 0) is 41.6 Å². The Balaban J connectivity index is 1.93. The van der Waals surface area contributed by atoms with Gasteiger partial charge in [-0.3, -0.25) is 16.3 Å². The lowest BCUT2D eigenvalue weighted by atomic mass is 10.1. The largest absolute Gasteiger partial charge is 0.271 e. The molecule has 0 radical (unpaired) electrons. The minimum Gasteiger partial charge on any atom is -0.271 e. The SMILES string of the molecule is NNC(Cc1ccncc1Cl)c1cc2ccc(F)cc2s1. The standard InChI is InChI=1S/C15H13ClFN3S/c16-12-8-19-4-3-9(12)5-13(20-18)15-6-10-1-2-11(17)7-14(10)21-15/h1-4,6-8,13,20H,5,18H2. The summed E-state index contributed by atoms with van der Waals surface area (Å²) in [5.41, 5.74) is 3.78. The molecule has 0 bridgehead atoms. The molecule has 0 amide bonds. The highest BCUT2D eigenvalue weighted by Crippen LogP contribution is 2.32. The minimum atomic E-state index is -0.231. The van der Waals surface area contributed by atoms with Gasteiger partial charge in [-0.25, -0.2) is 4.39 Å². The number of fused-ring (bicyclic) bond motifs is 1. The highest BCUT2D eigenvalue weighted by molar-refractivity contribution is 7.19. The third kappa shape index (κ3) is 3.06. The average Bonchev–Trinajstić information content (AvgIpc) is 2.89. The molecule has 21 heavy (non-hydrogen) atoms. The molecule has 3 aromatic rings. The van der Waals surface area contributed by atoms with Crippen molar-refractivity contribution >= 4 is 33.0 Å². The van der Waals surface area contributed by atoms with E-state index in [4.69, 9.17) is 17.4 Å². The van der Waals surface area contributed by atoms with Crippen LogP contribution in [0.5, 0.6) is 0 Å². The molecule has 1 aromatic carbocycles. The normalized spacial score (nSPS) is 12.7. The summed E-state index contributed by atoms with van der Waals surface area (Å²) >= 11 is 7.66. The fourth-order valence-electron chi connectivity index (χ4n) is 2.23. The number of hydrogen-bond donors (Lipinski definition) is 2. The van der Waals surface area contributed by atoms with Gasteiger partial charge < -0.3 is 0 Å². The predicted octanol–water partition coefficient (Wildman–Crippen LogP) is 3.84. The molecule has 3 N–H and O–H groups in total. The average molecular weight is 322 g/mol. The van der Waals surface area contributed by atoms with Crippen molar-refractivity contribution in [3.63, 3.8) is 0 Å². The molecule has 0 aliphatic carbocycles. The molecule has 0 aliphatic heterocycles. The Morgan fingerprint density at radius 2 is 2.19 bits per heavy atom. The van der Waals surface area contributed by atoms with Gasteiger partial charge >= 0.3 is 0 Å². The van der Waals surface area contributed by atoms with Crippen LogP contribution in [0.1, 0.15) is 16.5 Å². The lowest BCUT2D eigenvalue weighted by Gasteiger charge is -2.14. The van der Waals surface area contributed by atoms with Crippen molar-refractivity contribution in [1.29, 1.82) is 0 Å². The van der Waals surface area contributed by atoms with Crippen molar-refractivity contribution in [3.05, 3.63) is 64.0 Å². The van der Waals surface area contributed by atoms with E-state index >= 15 is 0 Å². The summed E-state index contributed by atoms with van der Waals surface area (Å²) in [6.07, 6.45) is 3.97. The lowest BCUT2D eigenvalue weighted by Crippen LogP contribution is -2.29. The Labute approximate surface area is 130 Å². The second-order valence-corrected chi connectivity index (χ2v) is 6.24. The van der Waals surface area contributed by atoms with E-state index in [0.717, 1.165) is 20.5 Å². The number of hydrogen-bond acceptors (Lipinski definition) is 4. The Morgan fingerprint density at radius 3 is 2.95 bits per heavy atom. The number of thiophene rings is 1. The molecule has 0 aliphatic rings. The molecule has 2 aromatic heterocycles. The van der Waals surface area contributed by atoms with Crippen LogP contribution >= 0.6 is 22.9 Å². The van der Waals surface area contributed by atoms with Crippen molar-refractivity contribution in [2.75, 3.05) is 0 Å². The second-order valence-electron chi connectivity index (χ2n) is 4.72. The maximum Gasteiger partial charge on any atom is 0.124 e. The third-order valence-corrected chi connectivity index (χ3v) is 4.88. The zero-order valence-corrected chi connectivity index (χ0v) is 12.6. The summed E-state index contributed by atoms with van der Waals surface area (Å²) in [7, 11) is 0. The van der Waals surface area contributed by atoms with Crippen LogP contribution in [-0.4, -0.2) is 4.98 Å². The van der Waals surface area contributed by atoms with E-state index in [9.17, 15) is 4.39 Å². The van der Waals surface area contributed by atoms with E-state index in [2.05, 4.69) is 10.4 Å². The van der Waals surface area contributed by atoms with E-state index in [-0.39, 0.29) is 11.9 Å². The number of benzene rings is 1. The first-order valence-electron chi connectivity index (χ1n) is 6.41. The highest BCUT2D eigenvalue weighted by atomic mass is 35.5. The maximum atomic E-state index is 13.3. The summed E-state index contributed by atoms with van der Waals surface area (Å²) in [5.74, 6) is 5.45. The summed E-state index contributed by atoms with van der Waals surface area (Å²) in [5, 5.41) is 1.63. The lowest BCUT2D eigenvalue weighted by molar-refractivity contribution is 0.560. The van der Waals surface area contributed by atoms with Crippen LogP contribution in [0.25, 0.3) is 10.1 Å². The van der Waals surface area contributed by atoms with Gasteiger partial charge in [0.05, 0.1) is 11.1 Å². The number of nitrogens with two attached hydrogens (primary N) is 1. The predicted molar refractivity (Wildman–Crippen MR) is 84.8 cm³/mol. The molecule has 108 valence electrons. The van der Waals surface area contributed by atoms with Gasteiger partial charge in [-0.15, -0.1) is 11.3 Å². The first kappa shape index (κ1) is 14.4. The molecular formula is C15H13ClFN3S.